The van der Waals surface area contributed by atoms with Gasteiger partial charge < -0.3 is 5.73 Å². The van der Waals surface area contributed by atoms with Crippen LogP contribution in [0.4, 0.5) is 10.1 Å². The second-order valence-corrected chi connectivity index (χ2v) is 4.05. The molecular formula is C14H14FN. The Balaban J connectivity index is 2.62. The van der Waals surface area contributed by atoms with Crippen molar-refractivity contribution in [3.63, 3.8) is 0 Å². The first-order chi connectivity index (χ1) is 7.58. The summed E-state index contributed by atoms with van der Waals surface area (Å²) in [5.74, 6) is -0.215. The molecule has 82 valence electrons. The first-order valence-corrected chi connectivity index (χ1v) is 5.20. The third-order valence-electron chi connectivity index (χ3n) is 2.69. The number of hydrogen-bond donors (Lipinski definition) is 1. The van der Waals surface area contributed by atoms with Gasteiger partial charge in [-0.25, -0.2) is 4.39 Å². The van der Waals surface area contributed by atoms with E-state index in [0.717, 1.165) is 27.9 Å². The molecule has 0 heterocycles. The molecule has 0 aliphatic heterocycles. The summed E-state index contributed by atoms with van der Waals surface area (Å²) in [7, 11) is 0. The van der Waals surface area contributed by atoms with Crippen molar-refractivity contribution >= 4 is 5.69 Å². The van der Waals surface area contributed by atoms with Gasteiger partial charge in [0.2, 0.25) is 0 Å². The van der Waals surface area contributed by atoms with Gasteiger partial charge in [-0.05, 0) is 49.2 Å². The smallest absolute Gasteiger partial charge is 0.123 e. The maximum atomic E-state index is 13.0. The fourth-order valence-electron chi connectivity index (χ4n) is 1.83. The summed E-state index contributed by atoms with van der Waals surface area (Å²) < 4.78 is 13.0. The topological polar surface area (TPSA) is 26.0 Å². The fourth-order valence-corrected chi connectivity index (χ4v) is 1.83. The molecule has 0 unspecified atom stereocenters. The number of anilines is 1. The molecule has 1 nitrogen and oxygen atoms in total. The van der Waals surface area contributed by atoms with Crippen LogP contribution in [0.5, 0.6) is 0 Å². The monoisotopic (exact) mass is 215 g/mol. The molecule has 0 aliphatic carbocycles. The Morgan fingerprint density at radius 1 is 0.938 bits per heavy atom. The lowest BCUT2D eigenvalue weighted by molar-refractivity contribution is 0.627. The minimum Gasteiger partial charge on any atom is -0.398 e. The largest absolute Gasteiger partial charge is 0.398 e. The lowest BCUT2D eigenvalue weighted by atomic mass is 9.97. The standard InChI is InChI=1S/C14H14FN/c1-9-3-6-14(16)13(7-9)12-5-4-11(15)8-10(12)2/h3-8H,16H2,1-2H3. The van der Waals surface area contributed by atoms with Crippen LogP contribution in [-0.2, 0) is 0 Å². The molecule has 0 radical (unpaired) electrons. The number of nitrogen functional groups attached to an aromatic ring is 1. The van der Waals surface area contributed by atoms with Crippen molar-refractivity contribution in [3.05, 3.63) is 53.3 Å². The van der Waals surface area contributed by atoms with Crippen LogP contribution in [0, 0.1) is 19.7 Å². The van der Waals surface area contributed by atoms with E-state index in [-0.39, 0.29) is 5.82 Å². The number of hydrogen-bond acceptors (Lipinski definition) is 1. The van der Waals surface area contributed by atoms with Gasteiger partial charge in [0, 0.05) is 11.3 Å². The minimum absolute atomic E-state index is 0.215. The zero-order chi connectivity index (χ0) is 11.7. The van der Waals surface area contributed by atoms with E-state index in [9.17, 15) is 4.39 Å². The molecule has 2 N–H and O–H groups in total. The summed E-state index contributed by atoms with van der Waals surface area (Å²) in [6.07, 6.45) is 0. The van der Waals surface area contributed by atoms with E-state index >= 15 is 0 Å². The number of halogens is 1. The molecular weight excluding hydrogens is 201 g/mol. The van der Waals surface area contributed by atoms with Crippen molar-refractivity contribution in [1.82, 2.24) is 0 Å². The molecule has 0 fully saturated rings. The highest BCUT2D eigenvalue weighted by molar-refractivity contribution is 5.78. The Bertz CT molecular complexity index is 532. The first-order valence-electron chi connectivity index (χ1n) is 5.20. The Kier molecular flexibility index (Phi) is 2.65. The zero-order valence-corrected chi connectivity index (χ0v) is 9.42. The van der Waals surface area contributed by atoms with Gasteiger partial charge in [0.1, 0.15) is 5.82 Å². The molecule has 2 aromatic carbocycles. The average molecular weight is 215 g/mol. The quantitative estimate of drug-likeness (QED) is 0.721. The van der Waals surface area contributed by atoms with E-state index in [0.29, 0.717) is 0 Å². The van der Waals surface area contributed by atoms with Gasteiger partial charge in [0.25, 0.3) is 0 Å². The van der Waals surface area contributed by atoms with Gasteiger partial charge in [-0.1, -0.05) is 17.7 Å². The Labute approximate surface area is 94.7 Å². The number of rotatable bonds is 1. The average Bonchev–Trinajstić information content (AvgIpc) is 2.22. The zero-order valence-electron chi connectivity index (χ0n) is 9.42. The van der Waals surface area contributed by atoms with Crippen molar-refractivity contribution < 1.29 is 4.39 Å². The van der Waals surface area contributed by atoms with Gasteiger partial charge in [0.15, 0.2) is 0 Å². The van der Waals surface area contributed by atoms with E-state index in [1.165, 1.54) is 12.1 Å². The van der Waals surface area contributed by atoms with Crippen LogP contribution in [0.2, 0.25) is 0 Å². The Hall–Kier alpha value is -1.83. The molecule has 0 atom stereocenters. The van der Waals surface area contributed by atoms with E-state index < -0.39 is 0 Å². The predicted octanol–water partition coefficient (Wildman–Crippen LogP) is 3.69. The molecule has 16 heavy (non-hydrogen) atoms. The summed E-state index contributed by atoms with van der Waals surface area (Å²) in [4.78, 5) is 0. The van der Waals surface area contributed by atoms with Crippen molar-refractivity contribution in [3.8, 4) is 11.1 Å². The molecule has 0 saturated heterocycles. The summed E-state index contributed by atoms with van der Waals surface area (Å²) in [6.45, 7) is 3.90. The van der Waals surface area contributed by atoms with Gasteiger partial charge in [-0.3, -0.25) is 0 Å². The van der Waals surface area contributed by atoms with Crippen LogP contribution in [-0.4, -0.2) is 0 Å². The molecule has 2 aromatic rings. The molecule has 0 amide bonds. The van der Waals surface area contributed by atoms with Crippen molar-refractivity contribution in [2.24, 2.45) is 0 Å². The maximum absolute atomic E-state index is 13.0. The minimum atomic E-state index is -0.215. The lowest BCUT2D eigenvalue weighted by Gasteiger charge is -2.10. The highest BCUT2D eigenvalue weighted by atomic mass is 19.1. The molecule has 0 saturated carbocycles. The number of nitrogens with two attached hydrogens (primary N) is 1. The Morgan fingerprint density at radius 2 is 1.69 bits per heavy atom. The van der Waals surface area contributed by atoms with E-state index in [1.54, 1.807) is 6.07 Å². The third-order valence-corrected chi connectivity index (χ3v) is 2.69. The summed E-state index contributed by atoms with van der Waals surface area (Å²) in [6, 6.07) is 10.6. The van der Waals surface area contributed by atoms with Crippen LogP contribution in [0.15, 0.2) is 36.4 Å². The van der Waals surface area contributed by atoms with Crippen molar-refractivity contribution in [1.29, 1.82) is 0 Å². The van der Waals surface area contributed by atoms with Crippen molar-refractivity contribution in [2.75, 3.05) is 5.73 Å². The lowest BCUT2D eigenvalue weighted by Crippen LogP contribution is -1.93. The van der Waals surface area contributed by atoms with E-state index in [1.807, 2.05) is 32.0 Å². The molecule has 2 heteroatoms. The molecule has 0 spiro atoms. The van der Waals surface area contributed by atoms with Gasteiger partial charge in [-0.15, -0.1) is 0 Å². The molecule has 0 aromatic heterocycles. The van der Waals surface area contributed by atoms with Crippen LogP contribution in [0.3, 0.4) is 0 Å². The van der Waals surface area contributed by atoms with Gasteiger partial charge >= 0.3 is 0 Å². The molecule has 2 rings (SSSR count). The normalized spacial score (nSPS) is 10.4. The number of benzene rings is 2. The van der Waals surface area contributed by atoms with Crippen molar-refractivity contribution in [2.45, 2.75) is 13.8 Å². The third kappa shape index (κ3) is 1.91. The van der Waals surface area contributed by atoms with Crippen LogP contribution >= 0.6 is 0 Å². The molecule has 0 bridgehead atoms. The van der Waals surface area contributed by atoms with E-state index in [4.69, 9.17) is 5.73 Å². The van der Waals surface area contributed by atoms with Crippen LogP contribution < -0.4 is 5.73 Å². The predicted molar refractivity (Wildman–Crippen MR) is 65.7 cm³/mol. The summed E-state index contributed by atoms with van der Waals surface area (Å²) in [5.41, 5.74) is 10.7. The maximum Gasteiger partial charge on any atom is 0.123 e. The number of aryl methyl sites for hydroxylation is 2. The summed E-state index contributed by atoms with van der Waals surface area (Å²) in [5, 5.41) is 0. The summed E-state index contributed by atoms with van der Waals surface area (Å²) >= 11 is 0. The first kappa shape index (κ1) is 10.7. The SMILES string of the molecule is Cc1ccc(N)c(-c2ccc(F)cc2C)c1. The second kappa shape index (κ2) is 3.97. The molecule has 0 aliphatic rings. The highest BCUT2D eigenvalue weighted by Gasteiger charge is 2.06. The second-order valence-electron chi connectivity index (χ2n) is 4.05. The Morgan fingerprint density at radius 3 is 2.38 bits per heavy atom. The fraction of sp³-hybridized carbons (Fsp3) is 0.143. The van der Waals surface area contributed by atoms with Crippen LogP contribution in [0.1, 0.15) is 11.1 Å². The van der Waals surface area contributed by atoms with E-state index in [2.05, 4.69) is 0 Å². The van der Waals surface area contributed by atoms with Gasteiger partial charge in [-0.2, -0.15) is 0 Å². The highest BCUT2D eigenvalue weighted by Crippen LogP contribution is 2.29. The van der Waals surface area contributed by atoms with Crippen LogP contribution in [0.25, 0.3) is 11.1 Å². The van der Waals surface area contributed by atoms with Gasteiger partial charge in [0.05, 0.1) is 0 Å².